The van der Waals surface area contributed by atoms with Crippen molar-refractivity contribution < 1.29 is 5.11 Å². The first kappa shape index (κ1) is 13.9. The summed E-state index contributed by atoms with van der Waals surface area (Å²) in [6.07, 6.45) is 13.5. The third-order valence-corrected chi connectivity index (χ3v) is 5.14. The van der Waals surface area contributed by atoms with E-state index in [4.69, 9.17) is 0 Å². The lowest BCUT2D eigenvalue weighted by Gasteiger charge is -2.34. The Morgan fingerprint density at radius 2 is 1.56 bits per heavy atom. The molecule has 2 rings (SSSR count). The fourth-order valence-corrected chi connectivity index (χ4v) is 3.84. The molecule has 18 heavy (non-hydrogen) atoms. The van der Waals surface area contributed by atoms with E-state index in [2.05, 4.69) is 6.07 Å². The largest absolute Gasteiger partial charge is 0.391 e. The van der Waals surface area contributed by atoms with Gasteiger partial charge in [0.15, 0.2) is 0 Å². The van der Waals surface area contributed by atoms with Crippen LogP contribution >= 0.6 is 0 Å². The molecule has 1 atom stereocenters. The molecule has 2 heteroatoms. The quantitative estimate of drug-likeness (QED) is 0.762. The molecule has 2 nitrogen and oxygen atoms in total. The molecule has 0 aromatic heterocycles. The number of rotatable bonds is 3. The van der Waals surface area contributed by atoms with Crippen LogP contribution in [-0.2, 0) is 0 Å². The number of hydrogen-bond donors (Lipinski definition) is 1. The smallest absolute Gasteiger partial charge is 0.0832 e. The summed E-state index contributed by atoms with van der Waals surface area (Å²) in [6.45, 7) is 0. The second-order valence-corrected chi connectivity index (χ2v) is 6.44. The van der Waals surface area contributed by atoms with E-state index in [1.165, 1.54) is 44.9 Å². The lowest BCUT2D eigenvalue weighted by Crippen LogP contribution is -2.35. The summed E-state index contributed by atoms with van der Waals surface area (Å²) >= 11 is 0. The summed E-state index contributed by atoms with van der Waals surface area (Å²) in [4.78, 5) is 0. The van der Waals surface area contributed by atoms with Crippen molar-refractivity contribution in [1.29, 1.82) is 5.26 Å². The standard InChI is InChI=1S/C16H27NO/c17-13-16(10-6-1-2-7-11-16)15(18)12-14-8-4-3-5-9-14/h14-15,18H,1-12H2. The fraction of sp³-hybridized carbons (Fsp3) is 0.938. The number of aliphatic hydroxyl groups is 1. The summed E-state index contributed by atoms with van der Waals surface area (Å²) in [5.74, 6) is 0.669. The molecule has 0 aromatic carbocycles. The molecular weight excluding hydrogens is 222 g/mol. The van der Waals surface area contributed by atoms with Gasteiger partial charge in [-0.15, -0.1) is 0 Å². The van der Waals surface area contributed by atoms with Crippen molar-refractivity contribution in [3.63, 3.8) is 0 Å². The van der Waals surface area contributed by atoms with Crippen molar-refractivity contribution in [3.8, 4) is 6.07 Å². The van der Waals surface area contributed by atoms with Crippen LogP contribution in [0.25, 0.3) is 0 Å². The van der Waals surface area contributed by atoms with Gasteiger partial charge in [-0.05, 0) is 25.2 Å². The third kappa shape index (κ3) is 3.26. The molecule has 0 amide bonds. The first-order chi connectivity index (χ1) is 8.77. The van der Waals surface area contributed by atoms with Crippen molar-refractivity contribution in [2.24, 2.45) is 11.3 Å². The summed E-state index contributed by atoms with van der Waals surface area (Å²) in [7, 11) is 0. The van der Waals surface area contributed by atoms with Crippen LogP contribution in [0.1, 0.15) is 77.0 Å². The molecule has 102 valence electrons. The second kappa shape index (κ2) is 6.57. The van der Waals surface area contributed by atoms with Gasteiger partial charge in [0.1, 0.15) is 0 Å². The average molecular weight is 249 g/mol. The topological polar surface area (TPSA) is 44.0 Å². The van der Waals surface area contributed by atoms with E-state index >= 15 is 0 Å². The van der Waals surface area contributed by atoms with Gasteiger partial charge in [0, 0.05) is 0 Å². The minimum absolute atomic E-state index is 0.385. The van der Waals surface area contributed by atoms with Crippen LogP contribution in [-0.4, -0.2) is 11.2 Å². The molecule has 1 unspecified atom stereocenters. The van der Waals surface area contributed by atoms with Crippen molar-refractivity contribution in [1.82, 2.24) is 0 Å². The van der Waals surface area contributed by atoms with Crippen LogP contribution in [0.15, 0.2) is 0 Å². The lowest BCUT2D eigenvalue weighted by molar-refractivity contribution is 0.0271. The van der Waals surface area contributed by atoms with E-state index in [0.717, 1.165) is 32.1 Å². The molecule has 0 saturated heterocycles. The highest BCUT2D eigenvalue weighted by Crippen LogP contribution is 2.41. The number of nitrogens with zero attached hydrogens (tertiary/aromatic N) is 1. The Labute approximate surface area is 111 Å². The molecular formula is C16H27NO. The molecule has 2 aliphatic carbocycles. The molecule has 0 spiro atoms. The Balaban J connectivity index is 1.95. The number of nitriles is 1. The molecule has 2 aliphatic rings. The van der Waals surface area contributed by atoms with Gasteiger partial charge in [-0.25, -0.2) is 0 Å². The molecule has 0 heterocycles. The van der Waals surface area contributed by atoms with Gasteiger partial charge in [0.25, 0.3) is 0 Å². The summed E-state index contributed by atoms with van der Waals surface area (Å²) < 4.78 is 0. The van der Waals surface area contributed by atoms with Crippen LogP contribution in [0.2, 0.25) is 0 Å². The minimum atomic E-state index is -0.423. The number of hydrogen-bond acceptors (Lipinski definition) is 2. The predicted molar refractivity (Wildman–Crippen MR) is 72.9 cm³/mol. The Morgan fingerprint density at radius 3 is 2.11 bits per heavy atom. The first-order valence-electron chi connectivity index (χ1n) is 7.86. The predicted octanol–water partition coefficient (Wildman–Crippen LogP) is 4.18. The summed E-state index contributed by atoms with van der Waals surface area (Å²) in [5, 5.41) is 20.1. The van der Waals surface area contributed by atoms with Crippen LogP contribution in [0.4, 0.5) is 0 Å². The van der Waals surface area contributed by atoms with E-state index in [1.54, 1.807) is 0 Å². The Morgan fingerprint density at radius 1 is 1.00 bits per heavy atom. The van der Waals surface area contributed by atoms with Crippen molar-refractivity contribution in [3.05, 3.63) is 0 Å². The van der Waals surface area contributed by atoms with Gasteiger partial charge in [-0.2, -0.15) is 5.26 Å². The van der Waals surface area contributed by atoms with Crippen molar-refractivity contribution in [2.75, 3.05) is 0 Å². The van der Waals surface area contributed by atoms with Gasteiger partial charge in [0.2, 0.25) is 0 Å². The maximum Gasteiger partial charge on any atom is 0.0832 e. The fourth-order valence-electron chi connectivity index (χ4n) is 3.84. The molecule has 2 fully saturated rings. The van der Waals surface area contributed by atoms with Crippen molar-refractivity contribution >= 4 is 0 Å². The highest BCUT2D eigenvalue weighted by molar-refractivity contribution is 5.04. The molecule has 0 aliphatic heterocycles. The van der Waals surface area contributed by atoms with Gasteiger partial charge < -0.3 is 5.11 Å². The maximum atomic E-state index is 10.6. The molecule has 0 bridgehead atoms. The van der Waals surface area contributed by atoms with Crippen LogP contribution < -0.4 is 0 Å². The Hall–Kier alpha value is -0.550. The molecule has 0 radical (unpaired) electrons. The Kier molecular flexibility index (Phi) is 5.06. The van der Waals surface area contributed by atoms with Gasteiger partial charge in [-0.3, -0.25) is 0 Å². The third-order valence-electron chi connectivity index (χ3n) is 5.14. The first-order valence-corrected chi connectivity index (χ1v) is 7.86. The molecule has 2 saturated carbocycles. The Bertz CT molecular complexity index is 280. The molecule has 0 aromatic rings. The van der Waals surface area contributed by atoms with Crippen molar-refractivity contribution in [2.45, 2.75) is 83.2 Å². The van der Waals surface area contributed by atoms with E-state index in [9.17, 15) is 10.4 Å². The number of aliphatic hydroxyl groups excluding tert-OH is 1. The maximum absolute atomic E-state index is 10.6. The van der Waals surface area contributed by atoms with E-state index < -0.39 is 5.41 Å². The second-order valence-electron chi connectivity index (χ2n) is 6.44. The van der Waals surface area contributed by atoms with Crippen LogP contribution in [0, 0.1) is 22.7 Å². The normalized spacial score (nSPS) is 27.1. The SMILES string of the molecule is N#CC1(C(O)CC2CCCCC2)CCCCCC1. The van der Waals surface area contributed by atoms with E-state index in [-0.39, 0.29) is 6.10 Å². The summed E-state index contributed by atoms with van der Waals surface area (Å²) in [6, 6.07) is 2.50. The van der Waals surface area contributed by atoms with E-state index in [0.29, 0.717) is 5.92 Å². The monoisotopic (exact) mass is 249 g/mol. The highest BCUT2D eigenvalue weighted by atomic mass is 16.3. The van der Waals surface area contributed by atoms with Gasteiger partial charge in [-0.1, -0.05) is 57.8 Å². The van der Waals surface area contributed by atoms with Gasteiger partial charge >= 0.3 is 0 Å². The molecule has 1 N–H and O–H groups in total. The van der Waals surface area contributed by atoms with Crippen LogP contribution in [0.3, 0.4) is 0 Å². The zero-order chi connectivity index (χ0) is 12.8. The highest BCUT2D eigenvalue weighted by Gasteiger charge is 2.39. The van der Waals surface area contributed by atoms with E-state index in [1.807, 2.05) is 0 Å². The van der Waals surface area contributed by atoms with Crippen LogP contribution in [0.5, 0.6) is 0 Å². The lowest BCUT2D eigenvalue weighted by atomic mass is 9.72. The van der Waals surface area contributed by atoms with Gasteiger partial charge in [0.05, 0.1) is 17.6 Å². The minimum Gasteiger partial charge on any atom is -0.391 e. The zero-order valence-corrected chi connectivity index (χ0v) is 11.5. The zero-order valence-electron chi connectivity index (χ0n) is 11.5. The average Bonchev–Trinajstić information content (AvgIpc) is 2.66. The summed E-state index contributed by atoms with van der Waals surface area (Å²) in [5.41, 5.74) is -0.423.